The van der Waals surface area contributed by atoms with E-state index in [2.05, 4.69) is 57.4 Å². The largest absolute Gasteiger partial charge is 0.330 e. The summed E-state index contributed by atoms with van der Waals surface area (Å²) in [7, 11) is 0. The number of nitrogens with two attached hydrogens (primary N) is 1. The zero-order valence-corrected chi connectivity index (χ0v) is 14.1. The third-order valence-electron chi connectivity index (χ3n) is 4.04. The zero-order valence-electron chi connectivity index (χ0n) is 14.1. The van der Waals surface area contributed by atoms with E-state index in [1.807, 2.05) is 0 Å². The monoisotopic (exact) mass is 287 g/mol. The Hall–Kier alpha value is -1.35. The molecule has 0 aliphatic carbocycles. The van der Waals surface area contributed by atoms with Gasteiger partial charge in [0.25, 0.3) is 0 Å². The molecule has 2 rings (SSSR count). The van der Waals surface area contributed by atoms with Crippen molar-refractivity contribution in [1.82, 2.24) is 9.55 Å². The van der Waals surface area contributed by atoms with Gasteiger partial charge in [0, 0.05) is 12.5 Å². The van der Waals surface area contributed by atoms with Crippen LogP contribution in [0.4, 0.5) is 0 Å². The fraction of sp³-hybridized carbons (Fsp3) is 0.611. The number of fused-ring (bicyclic) bond motifs is 1. The van der Waals surface area contributed by atoms with E-state index in [1.165, 1.54) is 16.9 Å². The predicted octanol–water partition coefficient (Wildman–Crippen LogP) is 4.09. The average Bonchev–Trinajstić information content (AvgIpc) is 2.74. The van der Waals surface area contributed by atoms with Crippen LogP contribution in [0.25, 0.3) is 11.0 Å². The Balaban J connectivity index is 2.40. The minimum Gasteiger partial charge on any atom is -0.330 e. The van der Waals surface area contributed by atoms with Crippen LogP contribution in [-0.2, 0) is 6.42 Å². The minimum absolute atomic E-state index is 0.421. The summed E-state index contributed by atoms with van der Waals surface area (Å²) in [6.07, 6.45) is 2.14. The zero-order chi connectivity index (χ0) is 15.6. The van der Waals surface area contributed by atoms with Gasteiger partial charge in [-0.25, -0.2) is 4.98 Å². The topological polar surface area (TPSA) is 43.8 Å². The maximum Gasteiger partial charge on any atom is 0.110 e. The highest BCUT2D eigenvalue weighted by Crippen LogP contribution is 2.25. The molecule has 1 heterocycles. The highest BCUT2D eigenvalue weighted by Gasteiger charge is 2.18. The molecule has 0 spiro atoms. The summed E-state index contributed by atoms with van der Waals surface area (Å²) in [6, 6.07) is 6.96. The van der Waals surface area contributed by atoms with E-state index < -0.39 is 0 Å². The SMILES string of the molecule is Cc1ccc2c(c1)nc(CC(CN)CC(C)C)n2C(C)C. The summed E-state index contributed by atoms with van der Waals surface area (Å²) >= 11 is 0. The molecule has 3 nitrogen and oxygen atoms in total. The number of aromatic nitrogens is 2. The second-order valence-corrected chi connectivity index (χ2v) is 6.92. The molecule has 21 heavy (non-hydrogen) atoms. The van der Waals surface area contributed by atoms with Crippen molar-refractivity contribution in [1.29, 1.82) is 0 Å². The lowest BCUT2D eigenvalue weighted by molar-refractivity contribution is 0.400. The van der Waals surface area contributed by atoms with Gasteiger partial charge in [0.2, 0.25) is 0 Å². The van der Waals surface area contributed by atoms with Gasteiger partial charge in [0.1, 0.15) is 5.82 Å². The first-order chi connectivity index (χ1) is 9.92. The molecule has 2 aromatic rings. The number of hydrogen-bond acceptors (Lipinski definition) is 2. The van der Waals surface area contributed by atoms with E-state index in [0.717, 1.165) is 24.9 Å². The van der Waals surface area contributed by atoms with Gasteiger partial charge >= 0.3 is 0 Å². The van der Waals surface area contributed by atoms with Crippen molar-refractivity contribution in [3.63, 3.8) is 0 Å². The summed E-state index contributed by atoms with van der Waals surface area (Å²) in [5.41, 5.74) is 9.59. The van der Waals surface area contributed by atoms with Crippen molar-refractivity contribution in [3.05, 3.63) is 29.6 Å². The van der Waals surface area contributed by atoms with Crippen molar-refractivity contribution in [2.45, 2.75) is 53.5 Å². The van der Waals surface area contributed by atoms with E-state index in [1.54, 1.807) is 0 Å². The molecule has 0 saturated heterocycles. The van der Waals surface area contributed by atoms with Gasteiger partial charge in [0.15, 0.2) is 0 Å². The molecule has 0 radical (unpaired) electrons. The molecule has 0 saturated carbocycles. The fourth-order valence-corrected chi connectivity index (χ4v) is 3.17. The number of rotatable bonds is 6. The lowest BCUT2D eigenvalue weighted by atomic mass is 9.94. The number of nitrogens with zero attached hydrogens (tertiary/aromatic N) is 2. The highest BCUT2D eigenvalue weighted by atomic mass is 15.1. The smallest absolute Gasteiger partial charge is 0.110 e. The van der Waals surface area contributed by atoms with Gasteiger partial charge < -0.3 is 10.3 Å². The molecule has 1 atom stereocenters. The molecule has 2 N–H and O–H groups in total. The molecule has 3 heteroatoms. The highest BCUT2D eigenvalue weighted by molar-refractivity contribution is 5.77. The minimum atomic E-state index is 0.421. The van der Waals surface area contributed by atoms with E-state index in [4.69, 9.17) is 10.7 Å². The molecular weight excluding hydrogens is 258 g/mol. The van der Waals surface area contributed by atoms with E-state index >= 15 is 0 Å². The second kappa shape index (κ2) is 6.61. The Morgan fingerprint density at radius 1 is 1.19 bits per heavy atom. The van der Waals surface area contributed by atoms with Gasteiger partial charge in [-0.05, 0) is 63.3 Å². The molecule has 116 valence electrons. The summed E-state index contributed by atoms with van der Waals surface area (Å²) in [5, 5.41) is 0. The molecule has 0 fully saturated rings. The van der Waals surface area contributed by atoms with Gasteiger partial charge in [-0.3, -0.25) is 0 Å². The van der Waals surface area contributed by atoms with Crippen molar-refractivity contribution in [3.8, 4) is 0 Å². The van der Waals surface area contributed by atoms with Crippen molar-refractivity contribution in [2.24, 2.45) is 17.6 Å². The average molecular weight is 287 g/mol. The Kier molecular flexibility index (Phi) is 5.04. The maximum atomic E-state index is 5.98. The number of hydrogen-bond donors (Lipinski definition) is 1. The maximum absolute atomic E-state index is 5.98. The van der Waals surface area contributed by atoms with Crippen molar-refractivity contribution in [2.75, 3.05) is 6.54 Å². The first-order valence-corrected chi connectivity index (χ1v) is 8.09. The Morgan fingerprint density at radius 2 is 1.90 bits per heavy atom. The normalized spacial score (nSPS) is 13.5. The van der Waals surface area contributed by atoms with Crippen LogP contribution < -0.4 is 5.73 Å². The van der Waals surface area contributed by atoms with Crippen LogP contribution in [0.2, 0.25) is 0 Å². The van der Waals surface area contributed by atoms with Crippen LogP contribution in [-0.4, -0.2) is 16.1 Å². The third-order valence-corrected chi connectivity index (χ3v) is 4.04. The molecule has 1 unspecified atom stereocenters. The summed E-state index contributed by atoms with van der Waals surface area (Å²) < 4.78 is 2.37. The van der Waals surface area contributed by atoms with Crippen LogP contribution in [0, 0.1) is 18.8 Å². The van der Waals surface area contributed by atoms with E-state index in [0.29, 0.717) is 17.9 Å². The number of benzene rings is 1. The Bertz CT molecular complexity index is 596. The van der Waals surface area contributed by atoms with Crippen LogP contribution in [0.5, 0.6) is 0 Å². The molecule has 0 aliphatic heterocycles. The third kappa shape index (κ3) is 3.65. The molecule has 1 aromatic carbocycles. The standard InChI is InChI=1S/C18H29N3/c1-12(2)8-15(11-19)10-18-20-16-9-14(5)6-7-17(16)21(18)13(3)4/h6-7,9,12-13,15H,8,10-11,19H2,1-5H3. The Morgan fingerprint density at radius 3 is 2.48 bits per heavy atom. The summed E-state index contributed by atoms with van der Waals surface area (Å²) in [6.45, 7) is 11.8. The van der Waals surface area contributed by atoms with Crippen LogP contribution in [0.1, 0.15) is 51.5 Å². The lowest BCUT2D eigenvalue weighted by Crippen LogP contribution is -2.21. The molecule has 1 aromatic heterocycles. The van der Waals surface area contributed by atoms with Crippen molar-refractivity contribution < 1.29 is 0 Å². The van der Waals surface area contributed by atoms with Crippen molar-refractivity contribution >= 4 is 11.0 Å². The first-order valence-electron chi connectivity index (χ1n) is 8.09. The summed E-state index contributed by atoms with van der Waals surface area (Å²) in [4.78, 5) is 4.90. The number of aryl methyl sites for hydroxylation is 1. The van der Waals surface area contributed by atoms with Crippen LogP contribution in [0.3, 0.4) is 0 Å². The van der Waals surface area contributed by atoms with E-state index in [9.17, 15) is 0 Å². The van der Waals surface area contributed by atoms with Gasteiger partial charge in [-0.1, -0.05) is 19.9 Å². The fourth-order valence-electron chi connectivity index (χ4n) is 3.17. The predicted molar refractivity (Wildman–Crippen MR) is 90.6 cm³/mol. The Labute approximate surface area is 128 Å². The lowest BCUT2D eigenvalue weighted by Gasteiger charge is -2.19. The van der Waals surface area contributed by atoms with Crippen LogP contribution in [0.15, 0.2) is 18.2 Å². The quantitative estimate of drug-likeness (QED) is 0.869. The van der Waals surface area contributed by atoms with E-state index in [-0.39, 0.29) is 0 Å². The number of imidazole rings is 1. The van der Waals surface area contributed by atoms with Gasteiger partial charge in [0.05, 0.1) is 11.0 Å². The molecule has 0 amide bonds. The van der Waals surface area contributed by atoms with Crippen LogP contribution >= 0.6 is 0 Å². The van der Waals surface area contributed by atoms with Gasteiger partial charge in [-0.2, -0.15) is 0 Å². The van der Waals surface area contributed by atoms with Gasteiger partial charge in [-0.15, -0.1) is 0 Å². The second-order valence-electron chi connectivity index (χ2n) is 6.92. The summed E-state index contributed by atoms with van der Waals surface area (Å²) in [5.74, 6) is 2.37. The first kappa shape index (κ1) is 16.0. The molecular formula is C18H29N3. The molecule has 0 aliphatic rings. The molecule has 0 bridgehead atoms.